The lowest BCUT2D eigenvalue weighted by atomic mass is 10.1. The third-order valence-electron chi connectivity index (χ3n) is 2.78. The molecule has 0 aliphatic rings. The van der Waals surface area contributed by atoms with Gasteiger partial charge in [-0.05, 0) is 31.2 Å². The van der Waals surface area contributed by atoms with E-state index in [1.807, 2.05) is 0 Å². The van der Waals surface area contributed by atoms with Crippen LogP contribution in [0.2, 0.25) is 0 Å². The second kappa shape index (κ2) is 6.56. The molecule has 3 N–H and O–H groups in total. The summed E-state index contributed by atoms with van der Waals surface area (Å²) in [6, 6.07) is 13.6. The summed E-state index contributed by atoms with van der Waals surface area (Å²) in [6.45, 7) is 1.34. The number of Topliss-reactive ketones (excluding diaryl/α,β-unsaturated/α-hetero) is 1. The molecule has 0 saturated carbocycles. The molecular weight excluding hydrogens is 268 g/mol. The van der Waals surface area contributed by atoms with E-state index in [1.165, 1.54) is 6.92 Å². The van der Waals surface area contributed by atoms with Crippen molar-refractivity contribution in [2.75, 3.05) is 17.7 Å². The first kappa shape index (κ1) is 14.6. The molecule has 5 nitrogen and oxygen atoms in total. The monoisotopic (exact) mass is 284 g/mol. The Morgan fingerprint density at radius 2 is 1.90 bits per heavy atom. The van der Waals surface area contributed by atoms with E-state index in [2.05, 4.69) is 5.32 Å². The van der Waals surface area contributed by atoms with E-state index in [0.717, 1.165) is 0 Å². The number of hydrogen-bond donors (Lipinski definition) is 2. The van der Waals surface area contributed by atoms with Crippen LogP contribution in [0.15, 0.2) is 48.5 Å². The zero-order valence-electron chi connectivity index (χ0n) is 11.6. The van der Waals surface area contributed by atoms with Gasteiger partial charge < -0.3 is 15.8 Å². The average Bonchev–Trinajstić information content (AvgIpc) is 2.45. The van der Waals surface area contributed by atoms with Crippen molar-refractivity contribution >= 4 is 23.1 Å². The molecule has 0 radical (unpaired) electrons. The molecule has 0 aliphatic carbocycles. The van der Waals surface area contributed by atoms with Gasteiger partial charge in [-0.1, -0.05) is 18.2 Å². The number of carbonyl (C=O) groups excluding carboxylic acids is 2. The van der Waals surface area contributed by atoms with Crippen molar-refractivity contribution in [1.82, 2.24) is 0 Å². The van der Waals surface area contributed by atoms with E-state index in [-0.39, 0.29) is 18.3 Å². The topological polar surface area (TPSA) is 81.4 Å². The van der Waals surface area contributed by atoms with Gasteiger partial charge >= 0.3 is 0 Å². The summed E-state index contributed by atoms with van der Waals surface area (Å²) >= 11 is 0. The molecule has 0 bridgehead atoms. The van der Waals surface area contributed by atoms with Crippen LogP contribution in [0.5, 0.6) is 5.75 Å². The van der Waals surface area contributed by atoms with Gasteiger partial charge in [-0.2, -0.15) is 0 Å². The van der Waals surface area contributed by atoms with Crippen LogP contribution in [0.1, 0.15) is 17.3 Å². The van der Waals surface area contributed by atoms with Crippen molar-refractivity contribution in [3.63, 3.8) is 0 Å². The highest BCUT2D eigenvalue weighted by Gasteiger charge is 2.06. The number of ketones is 1. The fraction of sp³-hybridized carbons (Fsp3) is 0.125. The summed E-state index contributed by atoms with van der Waals surface area (Å²) in [5, 5.41) is 2.67. The van der Waals surface area contributed by atoms with Crippen LogP contribution in [0.3, 0.4) is 0 Å². The molecule has 0 unspecified atom stereocenters. The number of nitrogens with one attached hydrogen (secondary N) is 1. The quantitative estimate of drug-likeness (QED) is 0.653. The summed E-state index contributed by atoms with van der Waals surface area (Å²) in [4.78, 5) is 23.1. The number of anilines is 2. The van der Waals surface area contributed by atoms with E-state index in [1.54, 1.807) is 48.5 Å². The zero-order valence-corrected chi connectivity index (χ0v) is 11.6. The van der Waals surface area contributed by atoms with Gasteiger partial charge in [0.1, 0.15) is 5.75 Å². The Morgan fingerprint density at radius 3 is 2.62 bits per heavy atom. The predicted octanol–water partition coefficient (Wildman–Crippen LogP) is 2.49. The van der Waals surface area contributed by atoms with E-state index in [9.17, 15) is 9.59 Å². The van der Waals surface area contributed by atoms with E-state index >= 15 is 0 Å². The minimum Gasteiger partial charge on any atom is -0.484 e. The lowest BCUT2D eigenvalue weighted by Crippen LogP contribution is -2.20. The fourth-order valence-electron chi connectivity index (χ4n) is 1.77. The number of benzene rings is 2. The molecule has 0 heterocycles. The number of rotatable bonds is 5. The van der Waals surface area contributed by atoms with Crippen LogP contribution in [-0.4, -0.2) is 18.3 Å². The minimum absolute atomic E-state index is 0.0536. The maximum Gasteiger partial charge on any atom is 0.262 e. The van der Waals surface area contributed by atoms with Gasteiger partial charge in [-0.15, -0.1) is 0 Å². The van der Waals surface area contributed by atoms with Crippen LogP contribution in [0, 0.1) is 0 Å². The van der Waals surface area contributed by atoms with Gasteiger partial charge in [0.05, 0.1) is 0 Å². The Balaban J connectivity index is 1.93. The molecule has 0 spiro atoms. The lowest BCUT2D eigenvalue weighted by Gasteiger charge is -2.08. The second-order valence-electron chi connectivity index (χ2n) is 4.55. The maximum atomic E-state index is 11.8. The predicted molar refractivity (Wildman–Crippen MR) is 81.4 cm³/mol. The third kappa shape index (κ3) is 4.35. The molecule has 5 heteroatoms. The number of carbonyl (C=O) groups is 2. The normalized spacial score (nSPS) is 9.95. The standard InChI is InChI=1S/C16H16N2O3/c1-11(19)12-4-2-6-14(8-12)18-16(20)10-21-15-7-3-5-13(17)9-15/h2-9H,10,17H2,1H3,(H,18,20). The first-order valence-corrected chi connectivity index (χ1v) is 6.44. The van der Waals surface area contributed by atoms with E-state index in [0.29, 0.717) is 22.7 Å². The molecule has 2 aromatic carbocycles. The molecule has 0 aromatic heterocycles. The second-order valence-corrected chi connectivity index (χ2v) is 4.55. The van der Waals surface area contributed by atoms with Crippen molar-refractivity contribution in [3.05, 3.63) is 54.1 Å². The lowest BCUT2D eigenvalue weighted by molar-refractivity contribution is -0.118. The Bertz CT molecular complexity index is 668. The van der Waals surface area contributed by atoms with Crippen LogP contribution in [0.25, 0.3) is 0 Å². The van der Waals surface area contributed by atoms with Gasteiger partial charge in [0.25, 0.3) is 5.91 Å². The largest absolute Gasteiger partial charge is 0.484 e. The summed E-state index contributed by atoms with van der Waals surface area (Å²) in [5.41, 5.74) is 7.30. The first-order valence-electron chi connectivity index (χ1n) is 6.44. The average molecular weight is 284 g/mol. The molecular formula is C16H16N2O3. The summed E-state index contributed by atoms with van der Waals surface area (Å²) in [7, 11) is 0. The molecule has 0 atom stereocenters. The molecule has 2 rings (SSSR count). The number of ether oxygens (including phenoxy) is 1. The Kier molecular flexibility index (Phi) is 4.56. The number of amides is 1. The molecule has 0 saturated heterocycles. The molecule has 108 valence electrons. The molecule has 0 aliphatic heterocycles. The Labute approximate surface area is 122 Å². The van der Waals surface area contributed by atoms with Crippen LogP contribution >= 0.6 is 0 Å². The summed E-state index contributed by atoms with van der Waals surface area (Å²) < 4.78 is 5.34. The van der Waals surface area contributed by atoms with Crippen LogP contribution < -0.4 is 15.8 Å². The summed E-state index contributed by atoms with van der Waals surface area (Å²) in [6.07, 6.45) is 0. The molecule has 0 fully saturated rings. The van der Waals surface area contributed by atoms with Crippen molar-refractivity contribution < 1.29 is 14.3 Å². The van der Waals surface area contributed by atoms with E-state index in [4.69, 9.17) is 10.5 Å². The Hall–Kier alpha value is -2.82. The van der Waals surface area contributed by atoms with Gasteiger partial charge in [0, 0.05) is 23.0 Å². The number of nitrogen functional groups attached to an aromatic ring is 1. The van der Waals surface area contributed by atoms with Crippen molar-refractivity contribution in [1.29, 1.82) is 0 Å². The molecule has 1 amide bonds. The van der Waals surface area contributed by atoms with Crippen LogP contribution in [-0.2, 0) is 4.79 Å². The van der Waals surface area contributed by atoms with Gasteiger partial charge in [0.15, 0.2) is 12.4 Å². The van der Waals surface area contributed by atoms with Gasteiger partial charge in [-0.25, -0.2) is 0 Å². The number of nitrogens with two attached hydrogens (primary N) is 1. The van der Waals surface area contributed by atoms with Gasteiger partial charge in [-0.3, -0.25) is 9.59 Å². The minimum atomic E-state index is -0.307. The highest BCUT2D eigenvalue weighted by molar-refractivity contribution is 5.97. The van der Waals surface area contributed by atoms with E-state index < -0.39 is 0 Å². The fourth-order valence-corrected chi connectivity index (χ4v) is 1.77. The first-order chi connectivity index (χ1) is 10.0. The van der Waals surface area contributed by atoms with Crippen molar-refractivity contribution in [2.24, 2.45) is 0 Å². The van der Waals surface area contributed by atoms with Crippen LogP contribution in [0.4, 0.5) is 11.4 Å². The summed E-state index contributed by atoms with van der Waals surface area (Å²) in [5.74, 6) is 0.169. The number of hydrogen-bond acceptors (Lipinski definition) is 4. The smallest absolute Gasteiger partial charge is 0.262 e. The highest BCUT2D eigenvalue weighted by Crippen LogP contribution is 2.15. The third-order valence-corrected chi connectivity index (χ3v) is 2.78. The van der Waals surface area contributed by atoms with Crippen molar-refractivity contribution in [3.8, 4) is 5.75 Å². The molecule has 2 aromatic rings. The van der Waals surface area contributed by atoms with Gasteiger partial charge in [0.2, 0.25) is 0 Å². The Morgan fingerprint density at radius 1 is 1.14 bits per heavy atom. The highest BCUT2D eigenvalue weighted by atomic mass is 16.5. The SMILES string of the molecule is CC(=O)c1cccc(NC(=O)COc2cccc(N)c2)c1. The van der Waals surface area contributed by atoms with Crippen molar-refractivity contribution in [2.45, 2.75) is 6.92 Å². The maximum absolute atomic E-state index is 11.8. The molecule has 21 heavy (non-hydrogen) atoms. The zero-order chi connectivity index (χ0) is 15.2.